The standard InChI is InChI=1S/C37H32Cl2N4O5S/c38-35-36(39)43(23-41-35)21-30-32(26-6-2-1-3-7-26)34(28-15-13-25(22-44)14-16-28)48-37(47-30)29-17-11-24(12-18-29)20-42-49(45,46)31-10-4-8-27-9-5-19-40-33(27)31/h1-19,23,30,32,34,37,42,44H,20-22H2. The summed E-state index contributed by atoms with van der Waals surface area (Å²) in [6.07, 6.45) is 1.55. The van der Waals surface area contributed by atoms with Gasteiger partial charge in [-0.2, -0.15) is 0 Å². The summed E-state index contributed by atoms with van der Waals surface area (Å²) in [5, 5.41) is 10.9. The molecule has 49 heavy (non-hydrogen) atoms. The van der Waals surface area contributed by atoms with E-state index < -0.39 is 28.5 Å². The zero-order valence-corrected chi connectivity index (χ0v) is 28.4. The van der Waals surface area contributed by atoms with Crippen molar-refractivity contribution >= 4 is 44.1 Å². The molecule has 1 aliphatic rings. The lowest BCUT2D eigenvalue weighted by molar-refractivity contribution is -0.263. The maximum atomic E-state index is 13.3. The second kappa shape index (κ2) is 14.4. The van der Waals surface area contributed by atoms with Gasteiger partial charge in [0.05, 0.1) is 37.2 Å². The number of aliphatic hydroxyl groups excluding tert-OH is 1. The number of imidazole rings is 1. The van der Waals surface area contributed by atoms with Crippen LogP contribution in [-0.2, 0) is 39.2 Å². The van der Waals surface area contributed by atoms with Gasteiger partial charge in [-0.15, -0.1) is 0 Å². The average Bonchev–Trinajstić information content (AvgIpc) is 3.46. The molecule has 1 fully saturated rings. The molecule has 12 heteroatoms. The Morgan fingerprint density at radius 3 is 2.20 bits per heavy atom. The van der Waals surface area contributed by atoms with Gasteiger partial charge in [-0.05, 0) is 34.4 Å². The summed E-state index contributed by atoms with van der Waals surface area (Å²) < 4.78 is 44.5. The molecule has 2 aromatic heterocycles. The van der Waals surface area contributed by atoms with Crippen LogP contribution in [0.1, 0.15) is 46.1 Å². The van der Waals surface area contributed by atoms with Gasteiger partial charge < -0.3 is 19.1 Å². The van der Waals surface area contributed by atoms with Crippen molar-refractivity contribution < 1.29 is 23.0 Å². The number of nitrogens with one attached hydrogen (secondary N) is 1. The highest BCUT2D eigenvalue weighted by atomic mass is 35.5. The maximum absolute atomic E-state index is 13.3. The van der Waals surface area contributed by atoms with Crippen LogP contribution in [0.25, 0.3) is 10.9 Å². The molecule has 0 aliphatic carbocycles. The number of benzene rings is 4. The number of fused-ring (bicyclic) bond motifs is 1. The SMILES string of the molecule is O=S(=O)(NCc1ccc(C2OC(Cn3cnc(Cl)c3Cl)C(c3ccccc3)C(c3ccc(CO)cc3)O2)cc1)c1cccc2cccnc12. The van der Waals surface area contributed by atoms with Crippen molar-refractivity contribution in [2.24, 2.45) is 0 Å². The first-order valence-electron chi connectivity index (χ1n) is 15.6. The number of halogens is 2. The highest BCUT2D eigenvalue weighted by Gasteiger charge is 2.42. The predicted octanol–water partition coefficient (Wildman–Crippen LogP) is 7.35. The fourth-order valence-electron chi connectivity index (χ4n) is 6.17. The largest absolute Gasteiger partial charge is 0.392 e. The molecule has 1 aliphatic heterocycles. The summed E-state index contributed by atoms with van der Waals surface area (Å²) in [6.45, 7) is 0.367. The minimum Gasteiger partial charge on any atom is -0.392 e. The van der Waals surface area contributed by atoms with Gasteiger partial charge in [0.1, 0.15) is 10.0 Å². The Morgan fingerprint density at radius 2 is 1.49 bits per heavy atom. The van der Waals surface area contributed by atoms with Crippen LogP contribution < -0.4 is 4.72 Å². The molecule has 2 N–H and O–H groups in total. The van der Waals surface area contributed by atoms with E-state index in [4.69, 9.17) is 32.7 Å². The van der Waals surface area contributed by atoms with Gasteiger partial charge in [-0.3, -0.25) is 4.98 Å². The lowest BCUT2D eigenvalue weighted by atomic mass is 9.83. The number of para-hydroxylation sites is 1. The molecule has 1 saturated heterocycles. The molecule has 7 rings (SSSR count). The zero-order valence-electron chi connectivity index (χ0n) is 26.1. The van der Waals surface area contributed by atoms with Crippen LogP contribution in [0.3, 0.4) is 0 Å². The quantitative estimate of drug-likeness (QED) is 0.153. The van der Waals surface area contributed by atoms with Crippen LogP contribution in [0.5, 0.6) is 0 Å². The van der Waals surface area contributed by atoms with Crippen molar-refractivity contribution in [3.05, 3.63) is 160 Å². The molecule has 4 aromatic carbocycles. The Hall–Kier alpha value is -4.13. The third-order valence-electron chi connectivity index (χ3n) is 8.68. The number of pyridine rings is 1. The van der Waals surface area contributed by atoms with E-state index in [0.29, 0.717) is 17.2 Å². The van der Waals surface area contributed by atoms with E-state index in [2.05, 4.69) is 14.7 Å². The molecule has 0 radical (unpaired) electrons. The van der Waals surface area contributed by atoms with Crippen LogP contribution in [0, 0.1) is 0 Å². The molecule has 9 nitrogen and oxygen atoms in total. The number of aromatic nitrogens is 3. The van der Waals surface area contributed by atoms with E-state index in [9.17, 15) is 13.5 Å². The Morgan fingerprint density at radius 1 is 0.776 bits per heavy atom. The molecule has 4 atom stereocenters. The van der Waals surface area contributed by atoms with Crippen molar-refractivity contribution in [1.82, 2.24) is 19.3 Å². The molecule has 6 aromatic rings. The smallest absolute Gasteiger partial charge is 0.243 e. The normalized spacial score (nSPS) is 19.7. The predicted molar refractivity (Wildman–Crippen MR) is 187 cm³/mol. The van der Waals surface area contributed by atoms with Crippen molar-refractivity contribution in [3.8, 4) is 0 Å². The van der Waals surface area contributed by atoms with E-state index >= 15 is 0 Å². The number of aliphatic hydroxyl groups is 1. The minimum absolute atomic E-state index is 0.0660. The first kappa shape index (κ1) is 33.4. The van der Waals surface area contributed by atoms with Crippen LogP contribution in [0.15, 0.2) is 127 Å². The summed E-state index contributed by atoms with van der Waals surface area (Å²) in [4.78, 5) is 8.58. The van der Waals surface area contributed by atoms with E-state index in [1.165, 1.54) is 0 Å². The highest BCUT2D eigenvalue weighted by Crippen LogP contribution is 2.47. The van der Waals surface area contributed by atoms with Crippen molar-refractivity contribution in [2.75, 3.05) is 0 Å². The van der Waals surface area contributed by atoms with Crippen LogP contribution in [-0.4, -0.2) is 34.2 Å². The summed E-state index contributed by atoms with van der Waals surface area (Å²) in [6, 6.07) is 33.9. The number of rotatable bonds is 10. The highest BCUT2D eigenvalue weighted by molar-refractivity contribution is 7.89. The van der Waals surface area contributed by atoms with Gasteiger partial charge in [-0.1, -0.05) is 120 Å². The molecule has 0 spiro atoms. The summed E-state index contributed by atoms with van der Waals surface area (Å²) in [5.41, 5.74) is 4.67. The first-order valence-corrected chi connectivity index (χ1v) is 17.9. The number of ether oxygens (including phenoxy) is 2. The first-order chi connectivity index (χ1) is 23.8. The van der Waals surface area contributed by atoms with E-state index in [1.54, 1.807) is 35.3 Å². The third-order valence-corrected chi connectivity index (χ3v) is 10.9. The second-order valence-corrected chi connectivity index (χ2v) is 14.2. The van der Waals surface area contributed by atoms with Crippen LogP contribution in [0.2, 0.25) is 10.3 Å². The van der Waals surface area contributed by atoms with Gasteiger partial charge in [0.25, 0.3) is 0 Å². The van der Waals surface area contributed by atoms with Gasteiger partial charge in [-0.25, -0.2) is 18.1 Å². The van der Waals surface area contributed by atoms with Gasteiger partial charge >= 0.3 is 0 Å². The number of hydrogen-bond donors (Lipinski definition) is 2. The van der Waals surface area contributed by atoms with Crippen LogP contribution >= 0.6 is 23.2 Å². The molecular formula is C37H32Cl2N4O5S. The van der Waals surface area contributed by atoms with E-state index in [0.717, 1.165) is 33.2 Å². The molecule has 3 heterocycles. The second-order valence-electron chi connectivity index (χ2n) is 11.8. The van der Waals surface area contributed by atoms with Gasteiger partial charge in [0, 0.05) is 29.6 Å². The minimum atomic E-state index is -3.84. The van der Waals surface area contributed by atoms with Crippen molar-refractivity contribution in [1.29, 1.82) is 0 Å². The number of sulfonamides is 1. The van der Waals surface area contributed by atoms with Gasteiger partial charge in [0.15, 0.2) is 11.4 Å². The lowest BCUT2D eigenvalue weighted by Crippen LogP contribution is -2.39. The molecule has 250 valence electrons. The average molecular weight is 716 g/mol. The lowest BCUT2D eigenvalue weighted by Gasteiger charge is -2.43. The summed E-state index contributed by atoms with van der Waals surface area (Å²) in [7, 11) is -3.84. The zero-order chi connectivity index (χ0) is 34.0. The van der Waals surface area contributed by atoms with E-state index in [-0.39, 0.29) is 29.1 Å². The topological polar surface area (TPSA) is 116 Å². The maximum Gasteiger partial charge on any atom is 0.243 e. The number of hydrogen-bond acceptors (Lipinski definition) is 7. The van der Waals surface area contributed by atoms with Crippen molar-refractivity contribution in [2.45, 2.75) is 49.0 Å². The molecule has 0 amide bonds. The fraction of sp³-hybridized carbons (Fsp3) is 0.189. The molecular weight excluding hydrogens is 683 g/mol. The molecule has 0 bridgehead atoms. The summed E-state index contributed by atoms with van der Waals surface area (Å²) in [5.74, 6) is -0.244. The molecule has 4 unspecified atom stereocenters. The van der Waals surface area contributed by atoms with Gasteiger partial charge in [0.2, 0.25) is 10.0 Å². The van der Waals surface area contributed by atoms with E-state index in [1.807, 2.05) is 91.0 Å². The third kappa shape index (κ3) is 7.13. The Labute approximate surface area is 294 Å². The van der Waals surface area contributed by atoms with Crippen molar-refractivity contribution in [3.63, 3.8) is 0 Å². The Bertz CT molecular complexity index is 2160. The Balaban J connectivity index is 1.17. The summed E-state index contributed by atoms with van der Waals surface area (Å²) >= 11 is 12.7. The van der Waals surface area contributed by atoms with Crippen LogP contribution in [0.4, 0.5) is 0 Å². The fourth-order valence-corrected chi connectivity index (χ4v) is 7.68. The molecule has 0 saturated carbocycles. The monoisotopic (exact) mass is 714 g/mol. The number of nitrogens with zero attached hydrogens (tertiary/aromatic N) is 3. The Kier molecular flexibility index (Phi) is 9.80.